The molecule has 0 unspecified atom stereocenters. The molecule has 2 amide bonds. The number of benzene rings is 1. The fourth-order valence-corrected chi connectivity index (χ4v) is 1.60. The van der Waals surface area contributed by atoms with Gasteiger partial charge in [0, 0.05) is 6.42 Å². The second-order valence-electron chi connectivity index (χ2n) is 3.66. The van der Waals surface area contributed by atoms with Crippen molar-refractivity contribution in [2.75, 3.05) is 5.32 Å². The van der Waals surface area contributed by atoms with E-state index in [9.17, 15) is 9.59 Å². The smallest absolute Gasteiger partial charge is 0.250 e. The molecule has 0 saturated heterocycles. The van der Waals surface area contributed by atoms with Crippen molar-refractivity contribution in [2.45, 2.75) is 19.8 Å². The van der Waals surface area contributed by atoms with Crippen LogP contribution in [-0.2, 0) is 4.79 Å². The minimum absolute atomic E-state index is 0.155. The van der Waals surface area contributed by atoms with Gasteiger partial charge in [0.25, 0.3) is 5.91 Å². The summed E-state index contributed by atoms with van der Waals surface area (Å²) < 4.78 is 0. The Morgan fingerprint density at radius 1 is 1.33 bits per heavy atom. The number of primary amides is 1. The Morgan fingerprint density at radius 3 is 2.61 bits per heavy atom. The van der Waals surface area contributed by atoms with Crippen LogP contribution in [0.1, 0.15) is 30.1 Å². The molecule has 0 spiro atoms. The molecule has 0 atom stereocenters. The largest absolute Gasteiger partial charge is 0.366 e. The van der Waals surface area contributed by atoms with Crippen molar-refractivity contribution in [1.82, 2.24) is 5.32 Å². The van der Waals surface area contributed by atoms with E-state index >= 15 is 0 Å². The van der Waals surface area contributed by atoms with E-state index in [-0.39, 0.29) is 11.0 Å². The molecule has 96 valence electrons. The number of nitrogens with two attached hydrogens (primary N) is 1. The molecule has 1 aromatic rings. The lowest BCUT2D eigenvalue weighted by Crippen LogP contribution is -2.34. The van der Waals surface area contributed by atoms with Gasteiger partial charge in [0.15, 0.2) is 5.11 Å². The van der Waals surface area contributed by atoms with Crippen LogP contribution in [0.4, 0.5) is 5.69 Å². The van der Waals surface area contributed by atoms with E-state index in [0.717, 1.165) is 6.42 Å². The van der Waals surface area contributed by atoms with Gasteiger partial charge in [0.05, 0.1) is 11.3 Å². The first-order chi connectivity index (χ1) is 8.54. The third-order valence-electron chi connectivity index (χ3n) is 2.17. The van der Waals surface area contributed by atoms with Crippen molar-refractivity contribution < 1.29 is 9.59 Å². The van der Waals surface area contributed by atoms with E-state index < -0.39 is 5.91 Å². The van der Waals surface area contributed by atoms with Gasteiger partial charge in [0.1, 0.15) is 0 Å². The standard InChI is InChI=1S/C12H15N3O2S/c1-2-5-10(16)15-12(18)14-9-7-4-3-6-8(9)11(13)17/h3-4,6-7H,2,5H2,1H3,(H2,13,17)(H2,14,15,16,18). The Labute approximate surface area is 111 Å². The maximum absolute atomic E-state index is 11.3. The van der Waals surface area contributed by atoms with E-state index in [1.54, 1.807) is 24.3 Å². The zero-order valence-corrected chi connectivity index (χ0v) is 10.8. The lowest BCUT2D eigenvalue weighted by molar-refractivity contribution is -0.119. The number of anilines is 1. The number of hydrogen-bond acceptors (Lipinski definition) is 3. The second-order valence-corrected chi connectivity index (χ2v) is 4.07. The average molecular weight is 265 g/mol. The highest BCUT2D eigenvalue weighted by atomic mass is 32.1. The normalized spacial score (nSPS) is 9.61. The van der Waals surface area contributed by atoms with Crippen molar-refractivity contribution in [2.24, 2.45) is 5.73 Å². The Hall–Kier alpha value is -1.95. The Balaban J connectivity index is 2.70. The van der Waals surface area contributed by atoms with Gasteiger partial charge >= 0.3 is 0 Å². The molecular weight excluding hydrogens is 250 g/mol. The summed E-state index contributed by atoms with van der Waals surface area (Å²) in [6, 6.07) is 6.69. The SMILES string of the molecule is CCCC(=O)NC(=S)Nc1ccccc1C(N)=O. The van der Waals surface area contributed by atoms with Crippen LogP contribution in [0, 0.1) is 0 Å². The van der Waals surface area contributed by atoms with Crippen LogP contribution in [0.5, 0.6) is 0 Å². The third kappa shape index (κ3) is 4.14. The summed E-state index contributed by atoms with van der Waals surface area (Å²) in [7, 11) is 0. The molecule has 1 aromatic carbocycles. The number of rotatable bonds is 4. The summed E-state index contributed by atoms with van der Waals surface area (Å²) in [4.78, 5) is 22.5. The van der Waals surface area contributed by atoms with Crippen LogP contribution < -0.4 is 16.4 Å². The Bertz CT molecular complexity index is 474. The average Bonchev–Trinajstić information content (AvgIpc) is 2.29. The van der Waals surface area contributed by atoms with Gasteiger partial charge in [0.2, 0.25) is 5.91 Å². The van der Waals surface area contributed by atoms with Crippen LogP contribution in [0.25, 0.3) is 0 Å². The van der Waals surface area contributed by atoms with Gasteiger partial charge in [-0.15, -0.1) is 0 Å². The molecule has 0 aliphatic rings. The number of para-hydroxylation sites is 1. The summed E-state index contributed by atoms with van der Waals surface area (Å²) in [6.45, 7) is 1.90. The predicted octanol–water partition coefficient (Wildman–Crippen LogP) is 1.40. The number of nitrogens with one attached hydrogen (secondary N) is 2. The molecule has 6 heteroatoms. The van der Waals surface area contributed by atoms with Crippen LogP contribution in [0.15, 0.2) is 24.3 Å². The summed E-state index contributed by atoms with van der Waals surface area (Å²) >= 11 is 4.98. The summed E-state index contributed by atoms with van der Waals surface area (Å²) in [5.41, 5.74) is 6.03. The molecular formula is C12H15N3O2S. The first kappa shape index (κ1) is 14.1. The van der Waals surface area contributed by atoms with Gasteiger partial charge in [-0.25, -0.2) is 0 Å². The molecule has 0 aliphatic carbocycles. The van der Waals surface area contributed by atoms with Crippen LogP contribution >= 0.6 is 12.2 Å². The minimum Gasteiger partial charge on any atom is -0.366 e. The molecule has 0 aliphatic heterocycles. The minimum atomic E-state index is -0.555. The Kier molecular flexibility index (Phi) is 5.26. The quantitative estimate of drug-likeness (QED) is 0.718. The molecule has 0 radical (unpaired) electrons. The van der Waals surface area contributed by atoms with Crippen molar-refractivity contribution in [1.29, 1.82) is 0 Å². The van der Waals surface area contributed by atoms with Gasteiger partial charge in [-0.1, -0.05) is 19.1 Å². The summed E-state index contributed by atoms with van der Waals surface area (Å²) in [5.74, 6) is -0.715. The Morgan fingerprint density at radius 2 is 2.00 bits per heavy atom. The number of amides is 2. The van der Waals surface area contributed by atoms with Gasteiger partial charge < -0.3 is 16.4 Å². The van der Waals surface area contributed by atoms with Crippen molar-refractivity contribution in [3.05, 3.63) is 29.8 Å². The highest BCUT2D eigenvalue weighted by Crippen LogP contribution is 2.13. The third-order valence-corrected chi connectivity index (χ3v) is 2.37. The molecule has 0 saturated carbocycles. The molecule has 4 N–H and O–H groups in total. The van der Waals surface area contributed by atoms with E-state index in [0.29, 0.717) is 17.7 Å². The van der Waals surface area contributed by atoms with E-state index in [4.69, 9.17) is 18.0 Å². The van der Waals surface area contributed by atoms with E-state index in [1.165, 1.54) is 0 Å². The second kappa shape index (κ2) is 6.70. The fraction of sp³-hybridized carbons (Fsp3) is 0.250. The maximum atomic E-state index is 11.3. The molecule has 0 fully saturated rings. The summed E-state index contributed by atoms with van der Waals surface area (Å²) in [6.07, 6.45) is 1.14. The number of carbonyl (C=O) groups excluding carboxylic acids is 2. The topological polar surface area (TPSA) is 84.2 Å². The lowest BCUT2D eigenvalue weighted by Gasteiger charge is -2.11. The molecule has 1 rings (SSSR count). The van der Waals surface area contributed by atoms with Crippen LogP contribution in [0.3, 0.4) is 0 Å². The van der Waals surface area contributed by atoms with Crippen molar-refractivity contribution in [3.63, 3.8) is 0 Å². The number of hydrogen-bond donors (Lipinski definition) is 3. The van der Waals surface area contributed by atoms with Gasteiger partial charge in [-0.2, -0.15) is 0 Å². The highest BCUT2D eigenvalue weighted by Gasteiger charge is 2.09. The van der Waals surface area contributed by atoms with Gasteiger partial charge in [-0.05, 0) is 30.8 Å². The monoisotopic (exact) mass is 265 g/mol. The lowest BCUT2D eigenvalue weighted by atomic mass is 10.1. The molecule has 5 nitrogen and oxygen atoms in total. The van der Waals surface area contributed by atoms with Crippen LogP contribution in [0.2, 0.25) is 0 Å². The zero-order valence-electron chi connectivity index (χ0n) is 10.0. The fourth-order valence-electron chi connectivity index (χ4n) is 1.38. The molecule has 0 heterocycles. The van der Waals surface area contributed by atoms with Crippen molar-refractivity contribution >= 4 is 34.8 Å². The van der Waals surface area contributed by atoms with Gasteiger partial charge in [-0.3, -0.25) is 9.59 Å². The zero-order chi connectivity index (χ0) is 13.5. The van der Waals surface area contributed by atoms with E-state index in [1.807, 2.05) is 6.92 Å². The molecule has 0 aromatic heterocycles. The predicted molar refractivity (Wildman–Crippen MR) is 74.2 cm³/mol. The van der Waals surface area contributed by atoms with E-state index in [2.05, 4.69) is 10.6 Å². The molecule has 0 bridgehead atoms. The first-order valence-electron chi connectivity index (χ1n) is 5.54. The van der Waals surface area contributed by atoms with Crippen LogP contribution in [-0.4, -0.2) is 16.9 Å². The number of thiocarbonyl (C=S) groups is 1. The number of carbonyl (C=O) groups is 2. The first-order valence-corrected chi connectivity index (χ1v) is 5.95. The highest BCUT2D eigenvalue weighted by molar-refractivity contribution is 7.80. The maximum Gasteiger partial charge on any atom is 0.250 e. The summed E-state index contributed by atoms with van der Waals surface area (Å²) in [5, 5.41) is 5.46. The molecule has 18 heavy (non-hydrogen) atoms. The van der Waals surface area contributed by atoms with Crippen molar-refractivity contribution in [3.8, 4) is 0 Å².